The maximum Gasteiger partial charge on any atom is 0.0995 e. The molecule has 0 saturated heterocycles. The Balaban J connectivity index is 3.39. The van der Waals surface area contributed by atoms with Crippen molar-refractivity contribution in [3.63, 3.8) is 0 Å². The lowest BCUT2D eigenvalue weighted by atomic mass is 10.1. The van der Waals surface area contributed by atoms with Crippen LogP contribution in [0.25, 0.3) is 0 Å². The van der Waals surface area contributed by atoms with E-state index in [4.69, 9.17) is 5.26 Å². The predicted octanol–water partition coefficient (Wildman–Crippen LogP) is 2.92. The second-order valence-electron chi connectivity index (χ2n) is 2.21. The van der Waals surface area contributed by atoms with E-state index in [0.29, 0.717) is 5.56 Å². The average Bonchev–Trinajstić information content (AvgIpc) is 1.96. The van der Waals surface area contributed by atoms with Gasteiger partial charge in [0, 0.05) is 9.37 Å². The summed E-state index contributed by atoms with van der Waals surface area (Å²) in [4.78, 5) is 0.843. The highest BCUT2D eigenvalue weighted by atomic mass is 79.9. The van der Waals surface area contributed by atoms with Crippen molar-refractivity contribution in [2.24, 2.45) is 0 Å². The van der Waals surface area contributed by atoms with E-state index in [2.05, 4.69) is 34.6 Å². The van der Waals surface area contributed by atoms with Crippen molar-refractivity contribution in [1.29, 1.82) is 5.26 Å². The molecule has 0 aliphatic heterocycles. The van der Waals surface area contributed by atoms with Crippen molar-refractivity contribution in [2.75, 3.05) is 0 Å². The van der Waals surface area contributed by atoms with Gasteiger partial charge in [-0.05, 0) is 24.6 Å². The third kappa shape index (κ3) is 1.76. The van der Waals surface area contributed by atoms with Crippen LogP contribution in [-0.4, -0.2) is 0 Å². The van der Waals surface area contributed by atoms with Gasteiger partial charge < -0.3 is 0 Å². The number of halogens is 1. The van der Waals surface area contributed by atoms with Gasteiger partial charge in [-0.1, -0.05) is 15.9 Å². The number of rotatable bonds is 0. The standard InChI is InChI=1S/C8H6BrNS/c1-5-6(4-10)2-7(9)3-8(5)11/h2-3,11H,1H3. The second kappa shape index (κ2) is 3.29. The number of nitriles is 1. The lowest BCUT2D eigenvalue weighted by molar-refractivity contribution is 1.26. The molecule has 1 aromatic carbocycles. The molecule has 0 saturated carbocycles. The van der Waals surface area contributed by atoms with Crippen LogP contribution in [0.5, 0.6) is 0 Å². The highest BCUT2D eigenvalue weighted by Gasteiger charge is 2.01. The highest BCUT2D eigenvalue weighted by Crippen LogP contribution is 2.22. The monoisotopic (exact) mass is 227 g/mol. The summed E-state index contributed by atoms with van der Waals surface area (Å²) in [6.07, 6.45) is 0. The maximum atomic E-state index is 8.66. The molecule has 0 heterocycles. The molecule has 3 heteroatoms. The van der Waals surface area contributed by atoms with E-state index in [1.54, 1.807) is 6.07 Å². The maximum absolute atomic E-state index is 8.66. The Hall–Kier alpha value is -0.460. The molecule has 1 rings (SSSR count). The third-order valence-corrected chi connectivity index (χ3v) is 2.39. The van der Waals surface area contributed by atoms with Gasteiger partial charge >= 0.3 is 0 Å². The van der Waals surface area contributed by atoms with Gasteiger partial charge in [0.15, 0.2) is 0 Å². The predicted molar refractivity (Wildman–Crippen MR) is 50.8 cm³/mol. The average molecular weight is 228 g/mol. The largest absolute Gasteiger partial charge is 0.192 e. The van der Waals surface area contributed by atoms with E-state index in [1.807, 2.05) is 13.0 Å². The zero-order valence-electron chi connectivity index (χ0n) is 5.93. The van der Waals surface area contributed by atoms with Crippen LogP contribution in [0.2, 0.25) is 0 Å². The zero-order valence-corrected chi connectivity index (χ0v) is 8.41. The minimum absolute atomic E-state index is 0.671. The Morgan fingerprint density at radius 3 is 2.73 bits per heavy atom. The molecule has 0 atom stereocenters. The van der Waals surface area contributed by atoms with Gasteiger partial charge in [0.1, 0.15) is 0 Å². The van der Waals surface area contributed by atoms with E-state index in [9.17, 15) is 0 Å². The Morgan fingerprint density at radius 1 is 1.55 bits per heavy atom. The summed E-state index contributed by atoms with van der Waals surface area (Å²) >= 11 is 7.50. The molecule has 0 fully saturated rings. The van der Waals surface area contributed by atoms with Crippen LogP contribution < -0.4 is 0 Å². The first-order valence-electron chi connectivity index (χ1n) is 3.04. The van der Waals surface area contributed by atoms with Crippen molar-refractivity contribution < 1.29 is 0 Å². The molecule has 0 unspecified atom stereocenters. The molecule has 0 amide bonds. The van der Waals surface area contributed by atoms with Gasteiger partial charge in [-0.25, -0.2) is 0 Å². The van der Waals surface area contributed by atoms with E-state index >= 15 is 0 Å². The zero-order chi connectivity index (χ0) is 8.43. The summed E-state index contributed by atoms with van der Waals surface area (Å²) in [5, 5.41) is 8.66. The Morgan fingerprint density at radius 2 is 2.18 bits per heavy atom. The molecule has 0 spiro atoms. The number of benzene rings is 1. The molecular formula is C8H6BrNS. The fourth-order valence-corrected chi connectivity index (χ4v) is 1.68. The molecule has 0 bridgehead atoms. The van der Waals surface area contributed by atoms with Gasteiger partial charge in [-0.3, -0.25) is 0 Å². The number of hydrogen-bond acceptors (Lipinski definition) is 2. The van der Waals surface area contributed by atoms with Crippen molar-refractivity contribution in [3.8, 4) is 6.07 Å². The summed E-state index contributed by atoms with van der Waals surface area (Å²) < 4.78 is 0.893. The van der Waals surface area contributed by atoms with E-state index < -0.39 is 0 Å². The molecule has 56 valence electrons. The van der Waals surface area contributed by atoms with Crippen molar-refractivity contribution in [3.05, 3.63) is 27.7 Å². The van der Waals surface area contributed by atoms with Crippen LogP contribution in [0, 0.1) is 18.3 Å². The van der Waals surface area contributed by atoms with Crippen LogP contribution in [0.15, 0.2) is 21.5 Å². The topological polar surface area (TPSA) is 23.8 Å². The normalized spacial score (nSPS) is 9.27. The van der Waals surface area contributed by atoms with E-state index in [0.717, 1.165) is 14.9 Å². The quantitative estimate of drug-likeness (QED) is 0.678. The molecule has 1 aromatic rings. The summed E-state index contributed by atoms with van der Waals surface area (Å²) in [6, 6.07) is 5.76. The Kier molecular flexibility index (Phi) is 2.58. The summed E-state index contributed by atoms with van der Waals surface area (Å²) in [6.45, 7) is 1.88. The van der Waals surface area contributed by atoms with Crippen LogP contribution >= 0.6 is 28.6 Å². The molecule has 0 aliphatic rings. The van der Waals surface area contributed by atoms with Gasteiger partial charge in [0.05, 0.1) is 11.6 Å². The first-order chi connectivity index (χ1) is 5.15. The smallest absolute Gasteiger partial charge is 0.0995 e. The van der Waals surface area contributed by atoms with E-state index in [1.165, 1.54) is 0 Å². The van der Waals surface area contributed by atoms with Gasteiger partial charge in [-0.15, -0.1) is 12.6 Å². The minimum Gasteiger partial charge on any atom is -0.192 e. The van der Waals surface area contributed by atoms with Gasteiger partial charge in [-0.2, -0.15) is 5.26 Å². The third-order valence-electron chi connectivity index (χ3n) is 1.47. The molecule has 1 nitrogen and oxygen atoms in total. The van der Waals surface area contributed by atoms with Crippen LogP contribution in [0.1, 0.15) is 11.1 Å². The van der Waals surface area contributed by atoms with Crippen molar-refractivity contribution >= 4 is 28.6 Å². The molecule has 0 radical (unpaired) electrons. The van der Waals surface area contributed by atoms with Crippen LogP contribution in [0.4, 0.5) is 0 Å². The highest BCUT2D eigenvalue weighted by molar-refractivity contribution is 9.10. The van der Waals surface area contributed by atoms with Gasteiger partial charge in [0.25, 0.3) is 0 Å². The molecular weight excluding hydrogens is 222 g/mol. The lowest BCUT2D eigenvalue weighted by Gasteiger charge is -2.01. The number of hydrogen-bond donors (Lipinski definition) is 1. The Bertz CT molecular complexity index is 328. The molecule has 0 aromatic heterocycles. The first kappa shape index (κ1) is 8.63. The fourth-order valence-electron chi connectivity index (χ4n) is 0.781. The lowest BCUT2D eigenvalue weighted by Crippen LogP contribution is -1.83. The summed E-state index contributed by atoms with van der Waals surface area (Å²) in [7, 11) is 0. The minimum atomic E-state index is 0.671. The summed E-state index contributed by atoms with van der Waals surface area (Å²) in [5.41, 5.74) is 1.60. The molecule has 0 aliphatic carbocycles. The van der Waals surface area contributed by atoms with Crippen molar-refractivity contribution in [1.82, 2.24) is 0 Å². The Labute approximate surface area is 79.6 Å². The fraction of sp³-hybridized carbons (Fsp3) is 0.125. The van der Waals surface area contributed by atoms with Crippen LogP contribution in [-0.2, 0) is 0 Å². The number of nitrogens with zero attached hydrogens (tertiary/aromatic N) is 1. The van der Waals surface area contributed by atoms with Crippen molar-refractivity contribution in [2.45, 2.75) is 11.8 Å². The SMILES string of the molecule is Cc1c(S)cc(Br)cc1C#N. The molecule has 11 heavy (non-hydrogen) atoms. The summed E-state index contributed by atoms with van der Waals surface area (Å²) in [5.74, 6) is 0. The van der Waals surface area contributed by atoms with Crippen LogP contribution in [0.3, 0.4) is 0 Å². The second-order valence-corrected chi connectivity index (χ2v) is 3.61. The van der Waals surface area contributed by atoms with Gasteiger partial charge in [0.2, 0.25) is 0 Å². The number of thiol groups is 1. The first-order valence-corrected chi connectivity index (χ1v) is 4.28. The molecule has 0 N–H and O–H groups in total. The van der Waals surface area contributed by atoms with E-state index in [-0.39, 0.29) is 0 Å².